The van der Waals surface area contributed by atoms with Crippen LogP contribution in [-0.2, 0) is 20.9 Å². The molecule has 2 heterocycles. The predicted octanol–water partition coefficient (Wildman–Crippen LogP) is 3.68. The minimum absolute atomic E-state index is 0.00537. The summed E-state index contributed by atoms with van der Waals surface area (Å²) >= 11 is 1.59. The van der Waals surface area contributed by atoms with E-state index in [0.717, 1.165) is 32.5 Å². The van der Waals surface area contributed by atoms with Crippen molar-refractivity contribution >= 4 is 39.8 Å². The van der Waals surface area contributed by atoms with Gasteiger partial charge in [0.1, 0.15) is 17.5 Å². The molecule has 9 nitrogen and oxygen atoms in total. The zero-order valence-electron chi connectivity index (χ0n) is 23.7. The van der Waals surface area contributed by atoms with Gasteiger partial charge in [-0.15, -0.1) is 11.3 Å². The summed E-state index contributed by atoms with van der Waals surface area (Å²) < 4.78 is 0. The molecular formula is C31H35N5O4S. The van der Waals surface area contributed by atoms with Crippen LogP contribution in [0.2, 0.25) is 0 Å². The molecule has 3 atom stereocenters. The number of aliphatic hydroxyl groups excluding tert-OH is 1. The van der Waals surface area contributed by atoms with Crippen LogP contribution in [0.25, 0.3) is 21.2 Å². The first-order valence-corrected chi connectivity index (χ1v) is 14.7. The normalized spacial score (nSPS) is 20.3. The van der Waals surface area contributed by atoms with E-state index in [2.05, 4.69) is 27.8 Å². The maximum absolute atomic E-state index is 13.8. The first-order chi connectivity index (χ1) is 19.4. The lowest BCUT2D eigenvalue weighted by Gasteiger charge is -2.35. The van der Waals surface area contributed by atoms with Crippen LogP contribution >= 0.6 is 11.3 Å². The summed E-state index contributed by atoms with van der Waals surface area (Å²) in [5.41, 5.74) is 3.06. The van der Waals surface area contributed by atoms with E-state index < -0.39 is 40.8 Å². The number of amides is 3. The number of nitrogens with one attached hydrogen (secondary N) is 2. The van der Waals surface area contributed by atoms with Gasteiger partial charge in [-0.25, -0.2) is 4.98 Å². The molecule has 1 aliphatic carbocycles. The third kappa shape index (κ3) is 5.56. The molecule has 10 heteroatoms. The number of carbonyl (C=O) groups is 3. The fourth-order valence-corrected chi connectivity index (χ4v) is 6.32. The molecule has 3 N–H and O–H groups in total. The smallest absolute Gasteiger partial charge is 0.246 e. The van der Waals surface area contributed by atoms with Gasteiger partial charge in [-0.1, -0.05) is 57.2 Å². The van der Waals surface area contributed by atoms with Crippen molar-refractivity contribution < 1.29 is 19.5 Å². The number of hydrogen-bond acceptors (Lipinski definition) is 7. The van der Waals surface area contributed by atoms with E-state index in [1.54, 1.807) is 11.3 Å². The number of aliphatic hydroxyl groups is 1. The third-order valence-electron chi connectivity index (χ3n) is 8.11. The maximum atomic E-state index is 13.8. The number of carbonyl (C=O) groups excluding carboxylic acids is 3. The van der Waals surface area contributed by atoms with Gasteiger partial charge < -0.3 is 20.6 Å². The van der Waals surface area contributed by atoms with Crippen LogP contribution < -0.4 is 10.6 Å². The van der Waals surface area contributed by atoms with Crippen molar-refractivity contribution in [2.75, 3.05) is 6.54 Å². The third-order valence-corrected chi connectivity index (χ3v) is 9.07. The van der Waals surface area contributed by atoms with Gasteiger partial charge in [0, 0.05) is 25.1 Å². The lowest BCUT2D eigenvalue weighted by molar-refractivity contribution is -0.144. The van der Waals surface area contributed by atoms with Crippen LogP contribution in [0.15, 0.2) is 41.9 Å². The largest absolute Gasteiger partial charge is 0.391 e. The van der Waals surface area contributed by atoms with Crippen LogP contribution in [0.1, 0.15) is 51.3 Å². The Kier molecular flexibility index (Phi) is 7.62. The summed E-state index contributed by atoms with van der Waals surface area (Å²) in [7, 11) is 0. The van der Waals surface area contributed by atoms with E-state index in [1.807, 2.05) is 63.5 Å². The number of likely N-dealkylation sites (tertiary alicyclic amines) is 1. The first kappa shape index (κ1) is 28.7. The van der Waals surface area contributed by atoms with Gasteiger partial charge in [-0.3, -0.25) is 14.4 Å². The van der Waals surface area contributed by atoms with Crippen LogP contribution in [0.3, 0.4) is 0 Å². The average molecular weight is 574 g/mol. The number of aryl methyl sites for hydroxylation is 1. The minimum Gasteiger partial charge on any atom is -0.391 e. The molecule has 0 unspecified atom stereocenters. The highest BCUT2D eigenvalue weighted by atomic mass is 32.1. The molecule has 5 rings (SSSR count). The second-order valence-corrected chi connectivity index (χ2v) is 13.0. The highest BCUT2D eigenvalue weighted by Gasteiger charge is 2.53. The van der Waals surface area contributed by atoms with Crippen molar-refractivity contribution in [2.24, 2.45) is 10.8 Å². The number of benzene rings is 2. The van der Waals surface area contributed by atoms with Crippen molar-refractivity contribution in [2.45, 2.75) is 71.7 Å². The van der Waals surface area contributed by atoms with Gasteiger partial charge in [0.2, 0.25) is 17.7 Å². The Morgan fingerprint density at radius 1 is 1.20 bits per heavy atom. The predicted molar refractivity (Wildman–Crippen MR) is 156 cm³/mol. The van der Waals surface area contributed by atoms with E-state index in [9.17, 15) is 24.8 Å². The molecule has 2 fully saturated rings. The van der Waals surface area contributed by atoms with E-state index >= 15 is 0 Å². The second-order valence-electron chi connectivity index (χ2n) is 12.2. The van der Waals surface area contributed by atoms with Crippen molar-refractivity contribution in [1.29, 1.82) is 5.26 Å². The summed E-state index contributed by atoms with van der Waals surface area (Å²) in [5, 5.41) is 27.8. The molecular weight excluding hydrogens is 538 g/mol. The van der Waals surface area contributed by atoms with Crippen molar-refractivity contribution in [1.82, 2.24) is 20.5 Å². The first-order valence-electron chi connectivity index (χ1n) is 13.8. The molecule has 0 radical (unpaired) electrons. The maximum Gasteiger partial charge on any atom is 0.246 e. The number of hydrogen-bond donors (Lipinski definition) is 3. The minimum atomic E-state index is -1.08. The zero-order chi connectivity index (χ0) is 29.5. The van der Waals surface area contributed by atoms with Gasteiger partial charge in [-0.2, -0.15) is 5.26 Å². The molecule has 0 spiro atoms. The van der Waals surface area contributed by atoms with Gasteiger partial charge in [0.05, 0.1) is 28.3 Å². The van der Waals surface area contributed by atoms with Gasteiger partial charge in [0.15, 0.2) is 0 Å². The van der Waals surface area contributed by atoms with Crippen molar-refractivity contribution in [3.05, 3.63) is 53.2 Å². The highest BCUT2D eigenvalue weighted by Crippen LogP contribution is 2.45. The molecule has 2 aromatic carbocycles. The number of nitriles is 1. The Balaban J connectivity index is 1.34. The van der Waals surface area contributed by atoms with E-state index in [0.29, 0.717) is 12.8 Å². The fraction of sp³-hybridized carbons (Fsp3) is 0.452. The van der Waals surface area contributed by atoms with E-state index in [4.69, 9.17) is 0 Å². The second kappa shape index (κ2) is 10.9. The monoisotopic (exact) mass is 573 g/mol. The molecule has 214 valence electrons. The summed E-state index contributed by atoms with van der Waals surface area (Å²) in [5.74, 6) is -1.26. The molecule has 3 aromatic rings. The number of fused-ring (bicyclic) bond motifs is 1. The summed E-state index contributed by atoms with van der Waals surface area (Å²) in [6, 6.07) is 12.3. The fourth-order valence-electron chi connectivity index (χ4n) is 5.48. The molecule has 2 aliphatic rings. The quantitative estimate of drug-likeness (QED) is 0.395. The van der Waals surface area contributed by atoms with Gasteiger partial charge in [-0.05, 0) is 41.5 Å². The average Bonchev–Trinajstić information content (AvgIpc) is 3.49. The highest BCUT2D eigenvalue weighted by molar-refractivity contribution is 7.13. The SMILES string of the molecule is Cc1ncsc1-c1ccc(CNC(=O)[C@@H]2C[C@@H](O)CN2C(=O)[C@@H](NC(=O)C2(C#N)CC2)C(C)(C)C)c2ccccc12. The van der Waals surface area contributed by atoms with Crippen molar-refractivity contribution in [3.63, 3.8) is 0 Å². The Morgan fingerprint density at radius 3 is 2.51 bits per heavy atom. The molecule has 1 aliphatic heterocycles. The number of β-amino-alcohol motifs (C(OH)–C–C–N with tert-alkyl or cyclic N) is 1. The Hall–Kier alpha value is -3.81. The number of thiazole rings is 1. The summed E-state index contributed by atoms with van der Waals surface area (Å²) in [6.45, 7) is 7.71. The Morgan fingerprint density at radius 2 is 1.90 bits per heavy atom. The number of nitrogens with zero attached hydrogens (tertiary/aromatic N) is 3. The lowest BCUT2D eigenvalue weighted by atomic mass is 9.85. The molecule has 1 saturated heterocycles. The van der Waals surface area contributed by atoms with Crippen LogP contribution in [-0.4, -0.2) is 57.4 Å². The molecule has 3 amide bonds. The number of rotatable bonds is 7. The topological polar surface area (TPSA) is 135 Å². The summed E-state index contributed by atoms with van der Waals surface area (Å²) in [4.78, 5) is 47.0. The zero-order valence-corrected chi connectivity index (χ0v) is 24.5. The van der Waals surface area contributed by atoms with Crippen LogP contribution in [0, 0.1) is 29.1 Å². The lowest BCUT2D eigenvalue weighted by Crippen LogP contribution is -2.58. The van der Waals surface area contributed by atoms with Gasteiger partial charge in [0.25, 0.3) is 0 Å². The summed E-state index contributed by atoms with van der Waals surface area (Å²) in [6.07, 6.45) is 0.179. The van der Waals surface area contributed by atoms with E-state index in [1.165, 1.54) is 4.90 Å². The molecule has 1 aromatic heterocycles. The van der Waals surface area contributed by atoms with Crippen LogP contribution in [0.5, 0.6) is 0 Å². The number of aromatic nitrogens is 1. The molecule has 1 saturated carbocycles. The molecule has 41 heavy (non-hydrogen) atoms. The van der Waals surface area contributed by atoms with Crippen molar-refractivity contribution in [3.8, 4) is 16.5 Å². The Bertz CT molecular complexity index is 1550. The Labute approximate surface area is 243 Å². The van der Waals surface area contributed by atoms with E-state index in [-0.39, 0.29) is 25.4 Å². The van der Waals surface area contributed by atoms with Crippen LogP contribution in [0.4, 0.5) is 0 Å². The standard InChI is InChI=1S/C31H35N5O4S/c1-18-25(41-17-34-18)23-10-9-19(21-7-5-6-8-22(21)23)14-33-27(38)24-13-20(37)15-36(24)28(39)26(30(2,3)4)35-29(40)31(16-32)11-12-31/h5-10,17,20,24,26,37H,11-15H2,1-4H3,(H,33,38)(H,35,40)/t20-,24+,26-/m1/s1. The van der Waals surface area contributed by atoms with Gasteiger partial charge >= 0.3 is 0 Å². The molecule has 0 bridgehead atoms.